The van der Waals surface area contributed by atoms with Crippen molar-refractivity contribution in [3.05, 3.63) is 59.0 Å². The Kier molecular flexibility index (Phi) is 4.34. The standard InChI is InChI=1S/C18H25NO/c1-6-19-17(15-11-13(2)20-12-15)14-7-9-16(10-8-14)18(3,4)5/h7-12,17,19H,6H2,1-5H3. The summed E-state index contributed by atoms with van der Waals surface area (Å²) in [7, 11) is 0. The molecule has 0 aliphatic carbocycles. The molecule has 1 heterocycles. The van der Waals surface area contributed by atoms with Crippen LogP contribution in [0.3, 0.4) is 0 Å². The van der Waals surface area contributed by atoms with Crippen molar-refractivity contribution in [2.24, 2.45) is 0 Å². The largest absolute Gasteiger partial charge is 0.469 e. The van der Waals surface area contributed by atoms with E-state index in [0.29, 0.717) is 0 Å². The highest BCUT2D eigenvalue weighted by molar-refractivity contribution is 5.34. The Morgan fingerprint density at radius 3 is 2.20 bits per heavy atom. The molecular weight excluding hydrogens is 246 g/mol. The summed E-state index contributed by atoms with van der Waals surface area (Å²) in [4.78, 5) is 0. The van der Waals surface area contributed by atoms with Gasteiger partial charge in [-0.05, 0) is 36.1 Å². The topological polar surface area (TPSA) is 25.2 Å². The van der Waals surface area contributed by atoms with Crippen molar-refractivity contribution in [2.45, 2.75) is 46.1 Å². The molecule has 0 saturated heterocycles. The van der Waals surface area contributed by atoms with Crippen LogP contribution in [-0.2, 0) is 5.41 Å². The lowest BCUT2D eigenvalue weighted by molar-refractivity contribution is 0.525. The molecular formula is C18H25NO. The summed E-state index contributed by atoms with van der Waals surface area (Å²) in [5, 5.41) is 3.53. The van der Waals surface area contributed by atoms with Gasteiger partial charge in [-0.15, -0.1) is 0 Å². The summed E-state index contributed by atoms with van der Waals surface area (Å²) >= 11 is 0. The van der Waals surface area contributed by atoms with E-state index in [1.807, 2.05) is 13.2 Å². The van der Waals surface area contributed by atoms with Gasteiger partial charge in [0.1, 0.15) is 5.76 Å². The average Bonchev–Trinajstić information content (AvgIpc) is 2.81. The van der Waals surface area contributed by atoms with E-state index in [2.05, 4.69) is 63.3 Å². The first kappa shape index (κ1) is 14.9. The maximum Gasteiger partial charge on any atom is 0.101 e. The van der Waals surface area contributed by atoms with Gasteiger partial charge in [0.15, 0.2) is 0 Å². The van der Waals surface area contributed by atoms with Gasteiger partial charge in [-0.25, -0.2) is 0 Å². The third-order valence-electron chi connectivity index (χ3n) is 3.60. The monoisotopic (exact) mass is 271 g/mol. The molecule has 0 radical (unpaired) electrons. The maximum atomic E-state index is 5.45. The van der Waals surface area contributed by atoms with E-state index in [4.69, 9.17) is 4.42 Å². The van der Waals surface area contributed by atoms with Crippen molar-refractivity contribution in [1.29, 1.82) is 0 Å². The lowest BCUT2D eigenvalue weighted by Crippen LogP contribution is -2.21. The maximum absolute atomic E-state index is 5.45. The van der Waals surface area contributed by atoms with Gasteiger partial charge < -0.3 is 9.73 Å². The molecule has 1 unspecified atom stereocenters. The average molecular weight is 271 g/mol. The summed E-state index contributed by atoms with van der Waals surface area (Å²) in [6.45, 7) is 11.8. The minimum atomic E-state index is 0.193. The molecule has 0 fully saturated rings. The fourth-order valence-corrected chi connectivity index (χ4v) is 2.42. The Labute approximate surface area is 122 Å². The predicted octanol–water partition coefficient (Wildman–Crippen LogP) is 4.58. The zero-order valence-electron chi connectivity index (χ0n) is 13.2. The van der Waals surface area contributed by atoms with Crippen LogP contribution in [0.4, 0.5) is 0 Å². The fraction of sp³-hybridized carbons (Fsp3) is 0.444. The molecule has 2 heteroatoms. The van der Waals surface area contributed by atoms with E-state index in [1.165, 1.54) is 16.7 Å². The number of rotatable bonds is 4. The summed E-state index contributed by atoms with van der Waals surface area (Å²) in [5.74, 6) is 0.953. The smallest absolute Gasteiger partial charge is 0.101 e. The van der Waals surface area contributed by atoms with Crippen LogP contribution in [0.5, 0.6) is 0 Å². The molecule has 0 saturated carbocycles. The lowest BCUT2D eigenvalue weighted by atomic mass is 9.86. The van der Waals surface area contributed by atoms with Crippen LogP contribution >= 0.6 is 0 Å². The molecule has 2 aromatic rings. The van der Waals surface area contributed by atoms with Gasteiger partial charge in [-0.1, -0.05) is 52.0 Å². The quantitative estimate of drug-likeness (QED) is 0.880. The molecule has 2 nitrogen and oxygen atoms in total. The second-order valence-corrected chi connectivity index (χ2v) is 6.35. The van der Waals surface area contributed by atoms with E-state index >= 15 is 0 Å². The first-order valence-electron chi connectivity index (χ1n) is 7.30. The van der Waals surface area contributed by atoms with Crippen LogP contribution in [0.15, 0.2) is 41.0 Å². The van der Waals surface area contributed by atoms with Crippen LogP contribution in [0.2, 0.25) is 0 Å². The third kappa shape index (κ3) is 3.31. The highest BCUT2D eigenvalue weighted by Crippen LogP contribution is 2.27. The summed E-state index contributed by atoms with van der Waals surface area (Å²) in [5.41, 5.74) is 4.02. The molecule has 0 amide bonds. The van der Waals surface area contributed by atoms with Gasteiger partial charge in [-0.2, -0.15) is 0 Å². The van der Waals surface area contributed by atoms with E-state index in [0.717, 1.165) is 12.3 Å². The lowest BCUT2D eigenvalue weighted by Gasteiger charge is -2.21. The van der Waals surface area contributed by atoms with Gasteiger partial charge in [0.05, 0.1) is 12.3 Å². The molecule has 0 aliphatic rings. The molecule has 0 aliphatic heterocycles. The zero-order chi connectivity index (χ0) is 14.8. The fourth-order valence-electron chi connectivity index (χ4n) is 2.42. The number of benzene rings is 1. The predicted molar refractivity (Wildman–Crippen MR) is 84.1 cm³/mol. The second-order valence-electron chi connectivity index (χ2n) is 6.35. The van der Waals surface area contributed by atoms with Crippen LogP contribution < -0.4 is 5.32 Å². The summed E-state index contributed by atoms with van der Waals surface area (Å²) in [6.07, 6.45) is 1.85. The SMILES string of the molecule is CCNC(c1ccc(C(C)(C)C)cc1)c1coc(C)c1. The highest BCUT2D eigenvalue weighted by atomic mass is 16.3. The zero-order valence-corrected chi connectivity index (χ0v) is 13.2. The van der Waals surface area contributed by atoms with Crippen LogP contribution in [-0.4, -0.2) is 6.54 Å². The van der Waals surface area contributed by atoms with Crippen molar-refractivity contribution < 1.29 is 4.42 Å². The van der Waals surface area contributed by atoms with Crippen molar-refractivity contribution in [3.63, 3.8) is 0 Å². The minimum Gasteiger partial charge on any atom is -0.469 e. The van der Waals surface area contributed by atoms with Gasteiger partial charge in [0.25, 0.3) is 0 Å². The normalized spacial score (nSPS) is 13.4. The number of hydrogen-bond acceptors (Lipinski definition) is 2. The van der Waals surface area contributed by atoms with Crippen LogP contribution in [0.25, 0.3) is 0 Å². The van der Waals surface area contributed by atoms with Gasteiger partial charge in [0.2, 0.25) is 0 Å². The second kappa shape index (κ2) is 5.84. The van der Waals surface area contributed by atoms with Gasteiger partial charge >= 0.3 is 0 Å². The van der Waals surface area contributed by atoms with Crippen molar-refractivity contribution in [2.75, 3.05) is 6.54 Å². The molecule has 1 aromatic carbocycles. The van der Waals surface area contributed by atoms with E-state index in [-0.39, 0.29) is 11.5 Å². The molecule has 108 valence electrons. The molecule has 0 bridgehead atoms. The first-order valence-corrected chi connectivity index (χ1v) is 7.30. The molecule has 20 heavy (non-hydrogen) atoms. The number of furan rings is 1. The summed E-state index contributed by atoms with van der Waals surface area (Å²) in [6, 6.07) is 11.2. The highest BCUT2D eigenvalue weighted by Gasteiger charge is 2.17. The molecule has 1 aromatic heterocycles. The Bertz CT molecular complexity index is 546. The third-order valence-corrected chi connectivity index (χ3v) is 3.60. The minimum absolute atomic E-state index is 0.193. The van der Waals surface area contributed by atoms with Gasteiger partial charge in [0, 0.05) is 5.56 Å². The van der Waals surface area contributed by atoms with Crippen molar-refractivity contribution in [1.82, 2.24) is 5.32 Å². The van der Waals surface area contributed by atoms with Gasteiger partial charge in [-0.3, -0.25) is 0 Å². The molecule has 0 spiro atoms. The molecule has 2 rings (SSSR count). The Balaban J connectivity index is 2.30. The van der Waals surface area contributed by atoms with Crippen molar-refractivity contribution in [3.8, 4) is 0 Å². The Morgan fingerprint density at radius 1 is 1.10 bits per heavy atom. The number of nitrogens with one attached hydrogen (secondary N) is 1. The van der Waals surface area contributed by atoms with E-state index in [9.17, 15) is 0 Å². The Morgan fingerprint density at radius 2 is 1.75 bits per heavy atom. The summed E-state index contributed by atoms with van der Waals surface area (Å²) < 4.78 is 5.45. The van der Waals surface area contributed by atoms with Crippen LogP contribution in [0.1, 0.15) is 56.2 Å². The molecule has 1 N–H and O–H groups in total. The molecule has 1 atom stereocenters. The van der Waals surface area contributed by atoms with Crippen LogP contribution in [0, 0.1) is 6.92 Å². The first-order chi connectivity index (χ1) is 9.41. The number of aryl methyl sites for hydroxylation is 1. The van der Waals surface area contributed by atoms with Crippen molar-refractivity contribution >= 4 is 0 Å². The van der Waals surface area contributed by atoms with E-state index < -0.39 is 0 Å². The van der Waals surface area contributed by atoms with E-state index in [1.54, 1.807) is 0 Å². The number of hydrogen-bond donors (Lipinski definition) is 1. The Hall–Kier alpha value is -1.54.